The van der Waals surface area contributed by atoms with Crippen LogP contribution in [0.3, 0.4) is 0 Å². The van der Waals surface area contributed by atoms with E-state index in [-0.39, 0.29) is 11.7 Å². The standard InChI is InChI=1S/C10H11ClO/c1-7(2)10(12)8-3-5-9(11)6-4-8/h3-7H,1-2H3. The summed E-state index contributed by atoms with van der Waals surface area (Å²) in [5, 5.41) is 0.662. The lowest BCUT2D eigenvalue weighted by Crippen LogP contribution is -2.06. The van der Waals surface area contributed by atoms with Crippen LogP contribution < -0.4 is 0 Å². The summed E-state index contributed by atoms with van der Waals surface area (Å²) in [7, 11) is 0. The van der Waals surface area contributed by atoms with Crippen molar-refractivity contribution in [1.82, 2.24) is 0 Å². The summed E-state index contributed by atoms with van der Waals surface area (Å²) in [4.78, 5) is 11.4. The summed E-state index contributed by atoms with van der Waals surface area (Å²) < 4.78 is 0. The van der Waals surface area contributed by atoms with Gasteiger partial charge in [-0.1, -0.05) is 25.4 Å². The third kappa shape index (κ3) is 2.08. The number of hydrogen-bond donors (Lipinski definition) is 0. The molecule has 0 fully saturated rings. The third-order valence-electron chi connectivity index (χ3n) is 1.65. The van der Waals surface area contributed by atoms with E-state index in [9.17, 15) is 4.79 Å². The minimum Gasteiger partial charge on any atom is -0.294 e. The normalized spacial score (nSPS) is 10.3. The molecule has 0 spiro atoms. The van der Waals surface area contributed by atoms with Gasteiger partial charge in [0.15, 0.2) is 5.78 Å². The number of rotatable bonds is 2. The van der Waals surface area contributed by atoms with Gasteiger partial charge in [0.25, 0.3) is 0 Å². The lowest BCUT2D eigenvalue weighted by molar-refractivity contribution is 0.0939. The van der Waals surface area contributed by atoms with Gasteiger partial charge < -0.3 is 0 Å². The highest BCUT2D eigenvalue weighted by atomic mass is 35.5. The quantitative estimate of drug-likeness (QED) is 0.643. The zero-order valence-electron chi connectivity index (χ0n) is 7.17. The number of halogens is 1. The van der Waals surface area contributed by atoms with Gasteiger partial charge in [-0.25, -0.2) is 0 Å². The Morgan fingerprint density at radius 3 is 2.17 bits per heavy atom. The first-order valence-corrected chi connectivity index (χ1v) is 4.29. The molecule has 0 saturated carbocycles. The molecule has 64 valence electrons. The van der Waals surface area contributed by atoms with Gasteiger partial charge in [0, 0.05) is 16.5 Å². The highest BCUT2D eigenvalue weighted by Gasteiger charge is 2.08. The molecule has 12 heavy (non-hydrogen) atoms. The van der Waals surface area contributed by atoms with Crippen molar-refractivity contribution >= 4 is 17.4 Å². The lowest BCUT2D eigenvalue weighted by atomic mass is 10.0. The molecule has 0 atom stereocenters. The first-order valence-electron chi connectivity index (χ1n) is 3.91. The molecule has 0 bridgehead atoms. The fourth-order valence-electron chi connectivity index (χ4n) is 0.947. The van der Waals surface area contributed by atoms with E-state index in [0.717, 1.165) is 5.56 Å². The van der Waals surface area contributed by atoms with Gasteiger partial charge in [-0.15, -0.1) is 0 Å². The van der Waals surface area contributed by atoms with Gasteiger partial charge >= 0.3 is 0 Å². The van der Waals surface area contributed by atoms with E-state index in [0.29, 0.717) is 5.02 Å². The Labute approximate surface area is 77.4 Å². The summed E-state index contributed by atoms with van der Waals surface area (Å²) >= 11 is 5.68. The van der Waals surface area contributed by atoms with Crippen molar-refractivity contribution < 1.29 is 4.79 Å². The van der Waals surface area contributed by atoms with Crippen LogP contribution in [-0.4, -0.2) is 5.78 Å². The Balaban J connectivity index is 2.90. The van der Waals surface area contributed by atoms with Crippen molar-refractivity contribution in [1.29, 1.82) is 0 Å². The second-order valence-electron chi connectivity index (χ2n) is 3.03. The van der Waals surface area contributed by atoms with Crippen molar-refractivity contribution in [3.8, 4) is 0 Å². The van der Waals surface area contributed by atoms with E-state index >= 15 is 0 Å². The molecule has 0 heterocycles. The molecule has 1 rings (SSSR count). The molecule has 0 radical (unpaired) electrons. The van der Waals surface area contributed by atoms with E-state index < -0.39 is 0 Å². The maximum Gasteiger partial charge on any atom is 0.165 e. The molecular formula is C10H11ClO. The van der Waals surface area contributed by atoms with Crippen molar-refractivity contribution in [2.24, 2.45) is 5.92 Å². The van der Waals surface area contributed by atoms with E-state index in [4.69, 9.17) is 11.6 Å². The number of hydrogen-bond acceptors (Lipinski definition) is 1. The first-order chi connectivity index (χ1) is 5.61. The van der Waals surface area contributed by atoms with Gasteiger partial charge in [0.05, 0.1) is 0 Å². The molecule has 0 aliphatic rings. The van der Waals surface area contributed by atoms with Crippen LogP contribution in [0.2, 0.25) is 5.02 Å². The maximum absolute atomic E-state index is 11.4. The topological polar surface area (TPSA) is 17.1 Å². The fourth-order valence-corrected chi connectivity index (χ4v) is 1.07. The van der Waals surface area contributed by atoms with E-state index in [1.807, 2.05) is 13.8 Å². The summed E-state index contributed by atoms with van der Waals surface area (Å²) in [6, 6.07) is 6.98. The van der Waals surface area contributed by atoms with Gasteiger partial charge in [0.1, 0.15) is 0 Å². The molecule has 0 N–H and O–H groups in total. The highest BCUT2D eigenvalue weighted by Crippen LogP contribution is 2.12. The number of benzene rings is 1. The summed E-state index contributed by atoms with van der Waals surface area (Å²) in [5.74, 6) is 0.206. The molecule has 2 heteroatoms. The molecule has 0 unspecified atom stereocenters. The molecule has 0 aliphatic carbocycles. The predicted molar refractivity (Wildman–Crippen MR) is 50.6 cm³/mol. The SMILES string of the molecule is CC(C)C(=O)c1ccc(Cl)cc1. The minimum absolute atomic E-state index is 0.0474. The van der Waals surface area contributed by atoms with E-state index in [1.54, 1.807) is 24.3 Å². The lowest BCUT2D eigenvalue weighted by Gasteiger charge is -2.02. The van der Waals surface area contributed by atoms with Crippen LogP contribution in [0, 0.1) is 5.92 Å². The molecule has 0 aliphatic heterocycles. The highest BCUT2D eigenvalue weighted by molar-refractivity contribution is 6.30. The third-order valence-corrected chi connectivity index (χ3v) is 1.91. The van der Waals surface area contributed by atoms with Crippen molar-refractivity contribution in [2.45, 2.75) is 13.8 Å². The Hall–Kier alpha value is -0.820. The van der Waals surface area contributed by atoms with Crippen LogP contribution in [0.5, 0.6) is 0 Å². The number of ketones is 1. The van der Waals surface area contributed by atoms with E-state index in [2.05, 4.69) is 0 Å². The summed E-state index contributed by atoms with van der Waals surface area (Å²) in [6.45, 7) is 3.77. The van der Waals surface area contributed by atoms with Crippen molar-refractivity contribution in [3.63, 3.8) is 0 Å². The molecule has 0 aromatic heterocycles. The second kappa shape index (κ2) is 3.72. The number of Topliss-reactive ketones (excluding diaryl/α,β-unsaturated/α-hetero) is 1. The van der Waals surface area contributed by atoms with Gasteiger partial charge in [0.2, 0.25) is 0 Å². The Morgan fingerprint density at radius 1 is 1.25 bits per heavy atom. The second-order valence-corrected chi connectivity index (χ2v) is 3.46. The van der Waals surface area contributed by atoms with Gasteiger partial charge in [-0.05, 0) is 24.3 Å². The van der Waals surface area contributed by atoms with Crippen LogP contribution in [0.15, 0.2) is 24.3 Å². The zero-order chi connectivity index (χ0) is 9.14. The molecular weight excluding hydrogens is 172 g/mol. The molecule has 1 nitrogen and oxygen atoms in total. The molecule has 1 aromatic carbocycles. The molecule has 1 aromatic rings. The first kappa shape index (κ1) is 9.27. The average molecular weight is 183 g/mol. The summed E-state index contributed by atoms with van der Waals surface area (Å²) in [5.41, 5.74) is 0.731. The van der Waals surface area contributed by atoms with Crippen LogP contribution in [-0.2, 0) is 0 Å². The smallest absolute Gasteiger partial charge is 0.165 e. The minimum atomic E-state index is 0.0474. The summed E-state index contributed by atoms with van der Waals surface area (Å²) in [6.07, 6.45) is 0. The number of carbonyl (C=O) groups is 1. The largest absolute Gasteiger partial charge is 0.294 e. The van der Waals surface area contributed by atoms with Gasteiger partial charge in [-0.3, -0.25) is 4.79 Å². The van der Waals surface area contributed by atoms with Gasteiger partial charge in [-0.2, -0.15) is 0 Å². The predicted octanol–water partition coefficient (Wildman–Crippen LogP) is 3.18. The van der Waals surface area contributed by atoms with E-state index in [1.165, 1.54) is 0 Å². The zero-order valence-corrected chi connectivity index (χ0v) is 7.93. The Kier molecular flexibility index (Phi) is 2.88. The van der Waals surface area contributed by atoms with Crippen LogP contribution in [0.4, 0.5) is 0 Å². The van der Waals surface area contributed by atoms with Crippen LogP contribution in [0.1, 0.15) is 24.2 Å². The van der Waals surface area contributed by atoms with Crippen molar-refractivity contribution in [2.75, 3.05) is 0 Å². The Morgan fingerprint density at radius 2 is 1.75 bits per heavy atom. The maximum atomic E-state index is 11.4. The Bertz CT molecular complexity index is 274. The monoisotopic (exact) mass is 182 g/mol. The molecule has 0 saturated heterocycles. The fraction of sp³-hybridized carbons (Fsp3) is 0.300. The van der Waals surface area contributed by atoms with Crippen LogP contribution in [0.25, 0.3) is 0 Å². The number of carbonyl (C=O) groups excluding carboxylic acids is 1. The van der Waals surface area contributed by atoms with Crippen molar-refractivity contribution in [3.05, 3.63) is 34.9 Å². The average Bonchev–Trinajstić information content (AvgIpc) is 2.04. The van der Waals surface area contributed by atoms with Crippen LogP contribution >= 0.6 is 11.6 Å². The molecule has 0 amide bonds.